The minimum Gasteiger partial charge on any atom is -0.376 e. The van der Waals surface area contributed by atoms with Crippen molar-refractivity contribution in [1.82, 2.24) is 15.5 Å². The molecule has 5 nitrogen and oxygen atoms in total. The van der Waals surface area contributed by atoms with Gasteiger partial charge >= 0.3 is 0 Å². The summed E-state index contributed by atoms with van der Waals surface area (Å²) in [7, 11) is 0. The highest BCUT2D eigenvalue weighted by atomic mass is 19.1. The molecule has 1 aromatic carbocycles. The molecule has 1 aromatic heterocycles. The first-order valence-electron chi connectivity index (χ1n) is 6.93. The largest absolute Gasteiger partial charge is 0.376 e. The van der Waals surface area contributed by atoms with E-state index in [9.17, 15) is 9.18 Å². The van der Waals surface area contributed by atoms with Gasteiger partial charge in [-0.3, -0.25) is 9.89 Å². The summed E-state index contributed by atoms with van der Waals surface area (Å²) in [5.74, 6) is -0.527. The standard InChI is InChI=1S/C15H16FN3O2/c16-11-5-3-10(4-6-11)14-13(9-18-19-14)15(20)17-8-12-2-1-7-21-12/h3-6,9,12H,1-2,7-8H2,(H,17,20)(H,18,19)/t12-/m0/s1. The SMILES string of the molecule is O=C(NC[C@@H]1CCCO1)c1cn[nH]c1-c1ccc(F)cc1. The van der Waals surface area contributed by atoms with Gasteiger partial charge in [0.25, 0.3) is 5.91 Å². The van der Waals surface area contributed by atoms with Gasteiger partial charge in [-0.1, -0.05) is 0 Å². The third-order valence-electron chi connectivity index (χ3n) is 3.53. The van der Waals surface area contributed by atoms with Crippen LogP contribution in [-0.4, -0.2) is 35.4 Å². The fourth-order valence-electron chi connectivity index (χ4n) is 2.40. The van der Waals surface area contributed by atoms with Crippen molar-refractivity contribution < 1.29 is 13.9 Å². The van der Waals surface area contributed by atoms with Gasteiger partial charge in [0.1, 0.15) is 5.82 Å². The average Bonchev–Trinajstić information content (AvgIpc) is 3.17. The van der Waals surface area contributed by atoms with E-state index in [1.807, 2.05) is 0 Å². The molecule has 2 aromatic rings. The number of carbonyl (C=O) groups is 1. The molecular formula is C15H16FN3O2. The summed E-state index contributed by atoms with van der Waals surface area (Å²) in [5.41, 5.74) is 1.75. The van der Waals surface area contributed by atoms with Gasteiger partial charge in [-0.05, 0) is 37.1 Å². The molecule has 1 aliphatic rings. The van der Waals surface area contributed by atoms with E-state index in [1.165, 1.54) is 18.3 Å². The zero-order valence-electron chi connectivity index (χ0n) is 11.4. The molecule has 0 radical (unpaired) electrons. The van der Waals surface area contributed by atoms with E-state index in [4.69, 9.17) is 4.74 Å². The van der Waals surface area contributed by atoms with E-state index >= 15 is 0 Å². The summed E-state index contributed by atoms with van der Waals surface area (Å²) in [6, 6.07) is 5.92. The van der Waals surface area contributed by atoms with Crippen molar-refractivity contribution in [2.45, 2.75) is 18.9 Å². The summed E-state index contributed by atoms with van der Waals surface area (Å²) in [6.45, 7) is 1.25. The maximum Gasteiger partial charge on any atom is 0.255 e. The molecule has 0 aliphatic carbocycles. The van der Waals surface area contributed by atoms with Gasteiger partial charge in [0.2, 0.25) is 0 Å². The lowest BCUT2D eigenvalue weighted by atomic mass is 10.1. The van der Waals surface area contributed by atoms with E-state index in [1.54, 1.807) is 12.1 Å². The molecule has 1 fully saturated rings. The molecule has 1 saturated heterocycles. The number of nitrogens with one attached hydrogen (secondary N) is 2. The Labute approximate surface area is 121 Å². The van der Waals surface area contributed by atoms with Gasteiger partial charge in [-0.15, -0.1) is 0 Å². The van der Waals surface area contributed by atoms with Crippen LogP contribution in [0.15, 0.2) is 30.5 Å². The number of carbonyl (C=O) groups excluding carboxylic acids is 1. The number of hydrogen-bond donors (Lipinski definition) is 2. The van der Waals surface area contributed by atoms with Crippen molar-refractivity contribution in [2.24, 2.45) is 0 Å². The van der Waals surface area contributed by atoms with Crippen LogP contribution in [0.25, 0.3) is 11.3 Å². The monoisotopic (exact) mass is 289 g/mol. The predicted octanol–water partition coefficient (Wildman–Crippen LogP) is 2.12. The van der Waals surface area contributed by atoms with E-state index < -0.39 is 0 Å². The summed E-state index contributed by atoms with van der Waals surface area (Å²) in [6.07, 6.45) is 3.57. The number of ether oxygens (including phenoxy) is 1. The molecule has 0 bridgehead atoms. The molecule has 0 saturated carbocycles. The quantitative estimate of drug-likeness (QED) is 0.906. The highest BCUT2D eigenvalue weighted by molar-refractivity contribution is 5.99. The van der Waals surface area contributed by atoms with Crippen LogP contribution in [0.3, 0.4) is 0 Å². The number of aromatic amines is 1. The molecule has 21 heavy (non-hydrogen) atoms. The molecular weight excluding hydrogens is 273 g/mol. The first-order valence-corrected chi connectivity index (χ1v) is 6.93. The lowest BCUT2D eigenvalue weighted by molar-refractivity contribution is 0.0858. The lowest BCUT2D eigenvalue weighted by Crippen LogP contribution is -2.31. The van der Waals surface area contributed by atoms with Gasteiger partial charge in [0, 0.05) is 18.7 Å². The first-order chi connectivity index (χ1) is 10.2. The van der Waals surface area contributed by atoms with Crippen LogP contribution in [0.5, 0.6) is 0 Å². The number of aromatic nitrogens is 2. The lowest BCUT2D eigenvalue weighted by Gasteiger charge is -2.10. The highest BCUT2D eigenvalue weighted by Crippen LogP contribution is 2.21. The van der Waals surface area contributed by atoms with E-state index in [-0.39, 0.29) is 17.8 Å². The van der Waals surface area contributed by atoms with Crippen molar-refractivity contribution in [3.05, 3.63) is 41.8 Å². The molecule has 2 N–H and O–H groups in total. The Morgan fingerprint density at radius 1 is 1.43 bits per heavy atom. The van der Waals surface area contributed by atoms with Crippen molar-refractivity contribution in [1.29, 1.82) is 0 Å². The van der Waals surface area contributed by atoms with E-state index in [2.05, 4.69) is 15.5 Å². The fraction of sp³-hybridized carbons (Fsp3) is 0.333. The van der Waals surface area contributed by atoms with Crippen molar-refractivity contribution in [3.63, 3.8) is 0 Å². The van der Waals surface area contributed by atoms with E-state index in [0.29, 0.717) is 17.8 Å². The Morgan fingerprint density at radius 2 is 2.24 bits per heavy atom. The number of hydrogen-bond acceptors (Lipinski definition) is 3. The number of halogens is 1. The molecule has 3 rings (SSSR count). The second kappa shape index (κ2) is 6.05. The van der Waals surface area contributed by atoms with Crippen LogP contribution in [0.1, 0.15) is 23.2 Å². The number of rotatable bonds is 4. The molecule has 6 heteroatoms. The Bertz CT molecular complexity index is 618. The Kier molecular flexibility index (Phi) is 3.96. The zero-order chi connectivity index (χ0) is 14.7. The van der Waals surface area contributed by atoms with Crippen molar-refractivity contribution in [3.8, 4) is 11.3 Å². The third kappa shape index (κ3) is 3.11. The van der Waals surface area contributed by atoms with Crippen LogP contribution in [-0.2, 0) is 4.74 Å². The third-order valence-corrected chi connectivity index (χ3v) is 3.53. The number of nitrogens with zero attached hydrogens (tertiary/aromatic N) is 1. The fourth-order valence-corrected chi connectivity index (χ4v) is 2.40. The van der Waals surface area contributed by atoms with Gasteiger partial charge in [-0.25, -0.2) is 4.39 Å². The van der Waals surface area contributed by atoms with Gasteiger partial charge in [-0.2, -0.15) is 5.10 Å². The first kappa shape index (κ1) is 13.8. The van der Waals surface area contributed by atoms with Gasteiger partial charge in [0.15, 0.2) is 0 Å². The van der Waals surface area contributed by atoms with Crippen LogP contribution < -0.4 is 5.32 Å². The second-order valence-electron chi connectivity index (χ2n) is 5.01. The number of benzene rings is 1. The normalized spacial score (nSPS) is 17.9. The molecule has 1 atom stereocenters. The summed E-state index contributed by atoms with van der Waals surface area (Å²) >= 11 is 0. The second-order valence-corrected chi connectivity index (χ2v) is 5.01. The maximum absolute atomic E-state index is 13.0. The van der Waals surface area contributed by atoms with Gasteiger partial charge < -0.3 is 10.1 Å². The summed E-state index contributed by atoms with van der Waals surface area (Å²) in [5, 5.41) is 9.55. The average molecular weight is 289 g/mol. The van der Waals surface area contributed by atoms with Crippen LogP contribution in [0, 0.1) is 5.82 Å². The number of amides is 1. The molecule has 1 amide bonds. The topological polar surface area (TPSA) is 67.0 Å². The maximum atomic E-state index is 13.0. The predicted molar refractivity (Wildman–Crippen MR) is 75.3 cm³/mol. The molecule has 1 aliphatic heterocycles. The Hall–Kier alpha value is -2.21. The van der Waals surface area contributed by atoms with Gasteiger partial charge in [0.05, 0.1) is 23.6 Å². The van der Waals surface area contributed by atoms with Crippen molar-refractivity contribution >= 4 is 5.91 Å². The van der Waals surface area contributed by atoms with Crippen molar-refractivity contribution in [2.75, 3.05) is 13.2 Å². The Morgan fingerprint density at radius 3 is 2.95 bits per heavy atom. The molecule has 0 unspecified atom stereocenters. The van der Waals surface area contributed by atoms with Crippen LogP contribution >= 0.6 is 0 Å². The van der Waals surface area contributed by atoms with E-state index in [0.717, 1.165) is 25.0 Å². The van der Waals surface area contributed by atoms with Crippen LogP contribution in [0.4, 0.5) is 4.39 Å². The minimum absolute atomic E-state index is 0.0927. The van der Waals surface area contributed by atoms with Crippen LogP contribution in [0.2, 0.25) is 0 Å². The minimum atomic E-state index is -0.317. The smallest absolute Gasteiger partial charge is 0.255 e. The molecule has 110 valence electrons. The Balaban J connectivity index is 1.72. The number of H-pyrrole nitrogens is 1. The molecule has 0 spiro atoms. The zero-order valence-corrected chi connectivity index (χ0v) is 11.4. The highest BCUT2D eigenvalue weighted by Gasteiger charge is 2.19. The summed E-state index contributed by atoms with van der Waals surface area (Å²) < 4.78 is 18.4. The summed E-state index contributed by atoms with van der Waals surface area (Å²) in [4.78, 5) is 12.2. The molecule has 2 heterocycles.